The summed E-state index contributed by atoms with van der Waals surface area (Å²) in [6, 6.07) is 136. The summed E-state index contributed by atoms with van der Waals surface area (Å²) < 4.78 is 0. The monoisotopic (exact) mass is 1340 g/mol. The van der Waals surface area contributed by atoms with Crippen LogP contribution in [-0.4, -0.2) is 0 Å². The first kappa shape index (κ1) is 61.6. The van der Waals surface area contributed by atoms with Gasteiger partial charge in [0.25, 0.3) is 0 Å². The van der Waals surface area contributed by atoms with Crippen molar-refractivity contribution in [1.29, 1.82) is 0 Å². The van der Waals surface area contributed by atoms with Gasteiger partial charge in [-0.2, -0.15) is 0 Å². The fourth-order valence-electron chi connectivity index (χ4n) is 18.5. The first-order valence-corrected chi connectivity index (χ1v) is 37.3. The molecule has 0 bridgehead atoms. The quantitative estimate of drug-likeness (QED) is 0.156. The van der Waals surface area contributed by atoms with E-state index in [2.05, 4.69) is 392 Å². The molecule has 0 N–H and O–H groups in total. The number of hydrogen-bond donors (Lipinski definition) is 0. The third-order valence-electron chi connectivity index (χ3n) is 24.0. The van der Waals surface area contributed by atoms with Gasteiger partial charge in [-0.05, 0) is 292 Å². The van der Waals surface area contributed by atoms with Crippen molar-refractivity contribution in [2.24, 2.45) is 0 Å². The van der Waals surface area contributed by atoms with Crippen molar-refractivity contribution < 1.29 is 0 Å². The predicted octanol–water partition coefficient (Wildman–Crippen LogP) is 29.5. The van der Waals surface area contributed by atoms with Crippen molar-refractivity contribution in [3.63, 3.8) is 0 Å². The number of hydrogen-bond acceptors (Lipinski definition) is 0. The highest BCUT2D eigenvalue weighted by molar-refractivity contribution is 6.19. The fraction of sp³-hybridized carbons (Fsp3) is 0.0566. The van der Waals surface area contributed by atoms with Gasteiger partial charge in [0.2, 0.25) is 0 Å². The molecule has 0 nitrogen and oxygen atoms in total. The lowest BCUT2D eigenvalue weighted by atomic mass is 9.79. The van der Waals surface area contributed by atoms with Crippen LogP contribution in [0.3, 0.4) is 0 Å². The molecule has 20 aromatic carbocycles. The SMILES string of the molecule is CC1(C)c2cc(-c3ccc4ccccc4c3)c3ccccc3c2-c2c1cc(-c1ccc3cc(-c4ccc5ccccc5c4)ccc3c1)c1ccccc21.CC1(C)c2ccc3ccccc3c2-c2c1cc(-c1cc(-c3ccc4cc(-c5ccc6ccccc6c5)ccc4c3)c3ccccc3c1)c1ccccc21. The van der Waals surface area contributed by atoms with Gasteiger partial charge >= 0.3 is 0 Å². The Hall–Kier alpha value is -13.0. The van der Waals surface area contributed by atoms with E-state index >= 15 is 0 Å². The van der Waals surface area contributed by atoms with Crippen molar-refractivity contribution in [3.8, 4) is 89.0 Å². The summed E-state index contributed by atoms with van der Waals surface area (Å²) in [5.74, 6) is 0. The van der Waals surface area contributed by atoms with Gasteiger partial charge in [-0.15, -0.1) is 0 Å². The molecule has 0 unspecified atom stereocenters. The molecule has 0 aliphatic heterocycles. The normalized spacial score (nSPS) is 13.2. The van der Waals surface area contributed by atoms with Crippen molar-refractivity contribution in [2.75, 3.05) is 0 Å². The Bertz CT molecular complexity index is 7130. The maximum Gasteiger partial charge on any atom is 0.0159 e. The third-order valence-corrected chi connectivity index (χ3v) is 24.0. The minimum absolute atomic E-state index is 0.128. The predicted molar refractivity (Wildman–Crippen MR) is 456 cm³/mol. The second kappa shape index (κ2) is 23.8. The summed E-state index contributed by atoms with van der Waals surface area (Å²) in [6.45, 7) is 9.64. The lowest BCUT2D eigenvalue weighted by Gasteiger charge is -2.24. The van der Waals surface area contributed by atoms with E-state index in [1.54, 1.807) is 0 Å². The van der Waals surface area contributed by atoms with Gasteiger partial charge in [-0.1, -0.05) is 319 Å². The smallest absolute Gasteiger partial charge is 0.0159 e. The van der Waals surface area contributed by atoms with Gasteiger partial charge in [0.1, 0.15) is 0 Å². The molecule has 0 heteroatoms. The summed E-state index contributed by atoms with van der Waals surface area (Å²) in [4.78, 5) is 0. The summed E-state index contributed by atoms with van der Waals surface area (Å²) in [5.41, 5.74) is 26.0. The molecule has 0 atom stereocenters. The van der Waals surface area contributed by atoms with Crippen LogP contribution in [0.4, 0.5) is 0 Å². The largest absolute Gasteiger partial charge is 0.0616 e. The van der Waals surface area contributed by atoms with E-state index in [-0.39, 0.29) is 10.8 Å². The molecule has 22 rings (SSSR count). The first-order valence-electron chi connectivity index (χ1n) is 37.3. The zero-order chi connectivity index (χ0) is 70.5. The molecule has 20 aromatic rings. The van der Waals surface area contributed by atoms with Crippen LogP contribution in [0.1, 0.15) is 49.9 Å². The Morgan fingerprint density at radius 2 is 0.377 bits per heavy atom. The fourth-order valence-corrected chi connectivity index (χ4v) is 18.5. The Labute approximate surface area is 617 Å². The average molecular weight is 1350 g/mol. The van der Waals surface area contributed by atoms with Gasteiger partial charge in [-0.25, -0.2) is 0 Å². The van der Waals surface area contributed by atoms with Crippen LogP contribution in [0.25, 0.3) is 197 Å². The van der Waals surface area contributed by atoms with E-state index in [1.165, 1.54) is 219 Å². The Balaban J connectivity index is 0.000000136. The molecule has 106 heavy (non-hydrogen) atoms. The standard InChI is InChI=1S/2C53H36/c1-53(2)49-31-47(41-25-20-34-12-4-6-14-36(34)29-41)43-15-7-9-17-45(43)51(49)52-46-18-10-8-16-44(46)48(32-50(52)53)42-26-24-39-28-38(22-23-40(39)30-42)37-21-19-33-11-3-5-13-35(33)27-37;1-53(2)49-26-25-34-12-5-8-16-44(34)51(49)52-46-18-10-9-17-45(46)48(32-50(52)53)42-30-40-14-6-7-15-43(40)47(31-42)41-24-23-38-28-37(21-22-39(38)29-41)36-20-19-33-11-3-4-13-35(33)27-36/h2*3-32H,1-2H3. The zero-order valence-corrected chi connectivity index (χ0v) is 59.6. The van der Waals surface area contributed by atoms with E-state index in [1.807, 2.05) is 0 Å². The molecule has 0 aromatic heterocycles. The van der Waals surface area contributed by atoms with Crippen LogP contribution in [0.2, 0.25) is 0 Å². The number of fused-ring (bicyclic) bond motifs is 20. The molecular formula is C106H72. The molecule has 0 fully saturated rings. The molecule has 0 radical (unpaired) electrons. The molecule has 0 heterocycles. The van der Waals surface area contributed by atoms with E-state index in [4.69, 9.17) is 0 Å². The molecule has 0 saturated heterocycles. The summed E-state index contributed by atoms with van der Waals surface area (Å²) >= 11 is 0. The topological polar surface area (TPSA) is 0 Å². The summed E-state index contributed by atoms with van der Waals surface area (Å²) in [6.07, 6.45) is 0. The maximum atomic E-state index is 2.51. The lowest BCUT2D eigenvalue weighted by Crippen LogP contribution is -2.15. The number of benzene rings is 20. The van der Waals surface area contributed by atoms with Crippen LogP contribution in [0.5, 0.6) is 0 Å². The molecule has 2 aliphatic carbocycles. The van der Waals surface area contributed by atoms with Crippen LogP contribution in [-0.2, 0) is 10.8 Å². The first-order chi connectivity index (χ1) is 52.0. The Kier molecular flexibility index (Phi) is 13.8. The highest BCUT2D eigenvalue weighted by Gasteiger charge is 2.41. The highest BCUT2D eigenvalue weighted by Crippen LogP contribution is 2.59. The second-order valence-corrected chi connectivity index (χ2v) is 30.6. The van der Waals surface area contributed by atoms with E-state index in [9.17, 15) is 0 Å². The van der Waals surface area contributed by atoms with Crippen molar-refractivity contribution in [3.05, 3.63) is 386 Å². The molecule has 0 amide bonds. The van der Waals surface area contributed by atoms with Crippen molar-refractivity contribution in [1.82, 2.24) is 0 Å². The van der Waals surface area contributed by atoms with Gasteiger partial charge in [-0.3, -0.25) is 0 Å². The van der Waals surface area contributed by atoms with Crippen LogP contribution in [0.15, 0.2) is 364 Å². The maximum absolute atomic E-state index is 2.51. The van der Waals surface area contributed by atoms with Gasteiger partial charge in [0, 0.05) is 10.8 Å². The van der Waals surface area contributed by atoms with Crippen LogP contribution >= 0.6 is 0 Å². The minimum Gasteiger partial charge on any atom is -0.0616 e. The molecule has 0 spiro atoms. The molecular weight excluding hydrogens is 1270 g/mol. The van der Waals surface area contributed by atoms with Crippen LogP contribution in [0, 0.1) is 0 Å². The van der Waals surface area contributed by atoms with Crippen LogP contribution < -0.4 is 0 Å². The summed E-state index contributed by atoms with van der Waals surface area (Å²) in [5, 5.41) is 25.6. The van der Waals surface area contributed by atoms with Crippen molar-refractivity contribution in [2.45, 2.75) is 38.5 Å². The third kappa shape index (κ3) is 9.75. The average Bonchev–Trinajstić information content (AvgIpc) is 1.55. The van der Waals surface area contributed by atoms with Gasteiger partial charge in [0.05, 0.1) is 0 Å². The molecule has 0 saturated carbocycles. The minimum atomic E-state index is -0.190. The highest BCUT2D eigenvalue weighted by atomic mass is 14.4. The van der Waals surface area contributed by atoms with Gasteiger partial charge in [0.15, 0.2) is 0 Å². The zero-order valence-electron chi connectivity index (χ0n) is 59.6. The molecule has 496 valence electrons. The van der Waals surface area contributed by atoms with Gasteiger partial charge < -0.3 is 0 Å². The molecule has 2 aliphatic rings. The number of rotatable bonds is 6. The Morgan fingerprint density at radius 3 is 0.774 bits per heavy atom. The summed E-state index contributed by atoms with van der Waals surface area (Å²) in [7, 11) is 0. The van der Waals surface area contributed by atoms with E-state index in [0.29, 0.717) is 0 Å². The Morgan fingerprint density at radius 1 is 0.142 bits per heavy atom. The van der Waals surface area contributed by atoms with E-state index in [0.717, 1.165) is 0 Å². The van der Waals surface area contributed by atoms with E-state index < -0.39 is 0 Å². The second-order valence-electron chi connectivity index (χ2n) is 30.6. The lowest BCUT2D eigenvalue weighted by molar-refractivity contribution is 0.661. The van der Waals surface area contributed by atoms with Crippen molar-refractivity contribution >= 4 is 108 Å².